The fourth-order valence-corrected chi connectivity index (χ4v) is 3.20. The number of benzene rings is 3. The fraction of sp³-hybridized carbons (Fsp3) is 0.296. The number of hydrogen-bond donors (Lipinski definition) is 0. The van der Waals surface area contributed by atoms with Gasteiger partial charge in [-0.05, 0) is 53.8 Å². The summed E-state index contributed by atoms with van der Waals surface area (Å²) in [5, 5.41) is 0. The highest BCUT2D eigenvalue weighted by molar-refractivity contribution is 5.47. The van der Waals surface area contributed by atoms with Gasteiger partial charge in [0.1, 0.15) is 11.5 Å². The van der Waals surface area contributed by atoms with Gasteiger partial charge >= 0.3 is 0 Å². The third kappa shape index (κ3) is 6.21. The fourth-order valence-electron chi connectivity index (χ4n) is 3.20. The molecule has 0 aliphatic heterocycles. The largest absolute Gasteiger partial charge is 0.497 e. The molecule has 0 aromatic heterocycles. The molecule has 0 bridgehead atoms. The Morgan fingerprint density at radius 3 is 1.93 bits per heavy atom. The van der Waals surface area contributed by atoms with Crippen LogP contribution in [-0.2, 0) is 10.2 Å². The molecule has 0 atom stereocenters. The summed E-state index contributed by atoms with van der Waals surface area (Å²) in [6.45, 7) is 11.3. The molecule has 0 unspecified atom stereocenters. The molecule has 3 heteroatoms. The first-order valence-electron chi connectivity index (χ1n) is 10.2. The van der Waals surface area contributed by atoms with E-state index in [0.29, 0.717) is 18.1 Å². The zero-order valence-electron chi connectivity index (χ0n) is 18.8. The lowest BCUT2D eigenvalue weighted by Crippen LogP contribution is -2.18. The van der Waals surface area contributed by atoms with Crippen molar-refractivity contribution in [3.63, 3.8) is 0 Å². The van der Waals surface area contributed by atoms with Gasteiger partial charge in [-0.25, -0.2) is 0 Å². The lowest BCUT2D eigenvalue weighted by atomic mass is 9.78. The molecule has 0 aliphatic carbocycles. The molecule has 0 spiro atoms. The number of carbonyl (C=O) groups is 1. The number of aryl methyl sites for hydroxylation is 1. The van der Waals surface area contributed by atoms with Crippen molar-refractivity contribution >= 4 is 6.47 Å². The van der Waals surface area contributed by atoms with Crippen LogP contribution in [0.5, 0.6) is 11.5 Å². The molecule has 0 fully saturated rings. The molecular weight excluding hydrogens is 372 g/mol. The summed E-state index contributed by atoms with van der Waals surface area (Å²) in [7, 11) is 1.68. The topological polar surface area (TPSA) is 35.5 Å². The van der Waals surface area contributed by atoms with Crippen LogP contribution in [0.4, 0.5) is 0 Å². The minimum absolute atomic E-state index is 0.0776. The summed E-state index contributed by atoms with van der Waals surface area (Å²) in [5.41, 5.74) is 5.00. The van der Waals surface area contributed by atoms with Gasteiger partial charge in [0, 0.05) is 5.41 Å². The summed E-state index contributed by atoms with van der Waals surface area (Å²) >= 11 is 0. The highest BCUT2D eigenvalue weighted by Crippen LogP contribution is 2.32. The summed E-state index contributed by atoms with van der Waals surface area (Å²) in [4.78, 5) is 10.3. The molecule has 0 saturated carbocycles. The van der Waals surface area contributed by atoms with E-state index < -0.39 is 0 Å². The molecule has 3 nitrogen and oxygen atoms in total. The normalized spacial score (nSPS) is 10.8. The van der Waals surface area contributed by atoms with Crippen LogP contribution in [0.25, 0.3) is 0 Å². The smallest absolute Gasteiger partial charge is 0.298 e. The van der Waals surface area contributed by atoms with Gasteiger partial charge in [0.15, 0.2) is 0 Å². The second-order valence-electron chi connectivity index (χ2n) is 8.16. The number of carbonyl (C=O) groups excluding carboxylic acids is 1. The molecule has 0 heterocycles. The maximum atomic E-state index is 10.3. The van der Waals surface area contributed by atoms with Crippen molar-refractivity contribution in [1.29, 1.82) is 0 Å². The van der Waals surface area contributed by atoms with Crippen molar-refractivity contribution in [1.82, 2.24) is 0 Å². The number of hydrogen-bond acceptors (Lipinski definition) is 3. The van der Waals surface area contributed by atoms with Gasteiger partial charge in [-0.15, -0.1) is 0 Å². The molecule has 0 radical (unpaired) electrons. The molecule has 0 aliphatic rings. The van der Waals surface area contributed by atoms with Gasteiger partial charge in [-0.2, -0.15) is 0 Å². The molecule has 158 valence electrons. The first-order chi connectivity index (χ1) is 14.3. The first kappa shape index (κ1) is 23.2. The van der Waals surface area contributed by atoms with E-state index in [4.69, 9.17) is 9.47 Å². The molecule has 0 N–H and O–H groups in total. The summed E-state index contributed by atoms with van der Waals surface area (Å²) in [6, 6.07) is 24.4. The molecule has 0 amide bonds. The lowest BCUT2D eigenvalue weighted by Gasteiger charge is -2.26. The average molecular weight is 405 g/mol. The standard InChI is InChI=1S/C17H18O2.C10H14O/c1-13-5-4-6-15(11-13)17(2,3)14-7-9-16(10-8-14)19-12-18;1-8(2)9-4-6-10(11-3)7-5-9/h4-12H,1-3H3;4-8H,1-3H3. The van der Waals surface area contributed by atoms with Crippen LogP contribution < -0.4 is 9.47 Å². The van der Waals surface area contributed by atoms with E-state index in [9.17, 15) is 4.79 Å². The Morgan fingerprint density at radius 2 is 1.43 bits per heavy atom. The van der Waals surface area contributed by atoms with Crippen molar-refractivity contribution in [3.8, 4) is 11.5 Å². The zero-order valence-corrected chi connectivity index (χ0v) is 18.8. The van der Waals surface area contributed by atoms with Crippen molar-refractivity contribution in [3.05, 3.63) is 95.1 Å². The van der Waals surface area contributed by atoms with Crippen molar-refractivity contribution in [2.45, 2.75) is 46.0 Å². The first-order valence-corrected chi connectivity index (χ1v) is 10.2. The quantitative estimate of drug-likeness (QED) is 0.430. The van der Waals surface area contributed by atoms with Crippen molar-refractivity contribution < 1.29 is 14.3 Å². The zero-order chi connectivity index (χ0) is 22.1. The van der Waals surface area contributed by atoms with E-state index in [1.165, 1.54) is 22.3 Å². The number of rotatable bonds is 6. The van der Waals surface area contributed by atoms with Gasteiger partial charge in [0.2, 0.25) is 0 Å². The van der Waals surface area contributed by atoms with Crippen molar-refractivity contribution in [2.75, 3.05) is 7.11 Å². The predicted octanol–water partition coefficient (Wildman–Crippen LogP) is 6.67. The van der Waals surface area contributed by atoms with Gasteiger partial charge in [0.25, 0.3) is 6.47 Å². The Kier molecular flexibility index (Phi) is 8.23. The Bertz CT molecular complexity index is 923. The average Bonchev–Trinajstić information content (AvgIpc) is 2.75. The Morgan fingerprint density at radius 1 is 0.833 bits per heavy atom. The molecule has 0 saturated heterocycles. The molecule has 3 aromatic carbocycles. The monoisotopic (exact) mass is 404 g/mol. The minimum Gasteiger partial charge on any atom is -0.497 e. The van der Waals surface area contributed by atoms with E-state index >= 15 is 0 Å². The third-order valence-corrected chi connectivity index (χ3v) is 5.28. The van der Waals surface area contributed by atoms with Crippen LogP contribution in [0.2, 0.25) is 0 Å². The highest BCUT2D eigenvalue weighted by Gasteiger charge is 2.23. The summed E-state index contributed by atoms with van der Waals surface area (Å²) < 4.78 is 9.87. The Balaban J connectivity index is 0.000000248. The third-order valence-electron chi connectivity index (χ3n) is 5.28. The summed E-state index contributed by atoms with van der Waals surface area (Å²) in [6.07, 6.45) is 0. The second-order valence-corrected chi connectivity index (χ2v) is 8.16. The predicted molar refractivity (Wildman–Crippen MR) is 124 cm³/mol. The number of ether oxygens (including phenoxy) is 2. The number of methoxy groups -OCH3 is 1. The SMILES string of the molecule is COc1ccc(C(C)C)cc1.Cc1cccc(C(C)(C)c2ccc(OC=O)cc2)c1. The second kappa shape index (κ2) is 10.6. The van der Waals surface area contributed by atoms with Crippen LogP contribution in [0.1, 0.15) is 55.9 Å². The maximum Gasteiger partial charge on any atom is 0.298 e. The van der Waals surface area contributed by atoms with E-state index in [1.54, 1.807) is 7.11 Å². The molecular formula is C27H32O3. The Hall–Kier alpha value is -3.07. The molecule has 30 heavy (non-hydrogen) atoms. The van der Waals surface area contributed by atoms with Crippen LogP contribution in [0.3, 0.4) is 0 Å². The van der Waals surface area contributed by atoms with E-state index in [2.05, 4.69) is 71.0 Å². The van der Waals surface area contributed by atoms with Crippen LogP contribution in [0.15, 0.2) is 72.8 Å². The van der Waals surface area contributed by atoms with Gasteiger partial charge in [-0.3, -0.25) is 4.79 Å². The van der Waals surface area contributed by atoms with Crippen LogP contribution in [-0.4, -0.2) is 13.6 Å². The minimum atomic E-state index is -0.0776. The van der Waals surface area contributed by atoms with E-state index in [0.717, 1.165) is 5.75 Å². The van der Waals surface area contributed by atoms with E-state index in [1.807, 2.05) is 36.4 Å². The van der Waals surface area contributed by atoms with Gasteiger partial charge in [-0.1, -0.05) is 81.8 Å². The lowest BCUT2D eigenvalue weighted by molar-refractivity contribution is -0.120. The molecule has 3 aromatic rings. The van der Waals surface area contributed by atoms with Crippen molar-refractivity contribution in [2.24, 2.45) is 0 Å². The molecule has 3 rings (SSSR count). The van der Waals surface area contributed by atoms with Gasteiger partial charge < -0.3 is 9.47 Å². The van der Waals surface area contributed by atoms with Gasteiger partial charge in [0.05, 0.1) is 7.11 Å². The van der Waals surface area contributed by atoms with Crippen LogP contribution in [0, 0.1) is 6.92 Å². The Labute approximate surface area is 180 Å². The van der Waals surface area contributed by atoms with E-state index in [-0.39, 0.29) is 5.41 Å². The summed E-state index contributed by atoms with van der Waals surface area (Å²) in [5.74, 6) is 2.09. The van der Waals surface area contributed by atoms with Crippen LogP contribution >= 0.6 is 0 Å². The highest BCUT2D eigenvalue weighted by atomic mass is 16.5. The maximum absolute atomic E-state index is 10.3.